The molecule has 1 aliphatic heterocycles. The van der Waals surface area contributed by atoms with E-state index in [1.54, 1.807) is 0 Å². The molecule has 0 saturated carbocycles. The van der Waals surface area contributed by atoms with Gasteiger partial charge in [-0.1, -0.05) is 13.8 Å². The van der Waals surface area contributed by atoms with Crippen molar-refractivity contribution in [2.45, 2.75) is 39.7 Å². The summed E-state index contributed by atoms with van der Waals surface area (Å²) in [4.78, 5) is 11.5. The standard InChI is InChI=1S/C12H23NO2S/c1-9(13)12(5-10(14)15-4)6-11(2,3)7-16-8-12/h9H,5-8,13H2,1-4H3. The molecule has 0 radical (unpaired) electrons. The van der Waals surface area contributed by atoms with Crippen molar-refractivity contribution in [3.8, 4) is 0 Å². The summed E-state index contributed by atoms with van der Waals surface area (Å²) in [6.07, 6.45) is 1.44. The van der Waals surface area contributed by atoms with Crippen LogP contribution in [-0.4, -0.2) is 30.6 Å². The van der Waals surface area contributed by atoms with E-state index in [9.17, 15) is 4.79 Å². The molecule has 16 heavy (non-hydrogen) atoms. The lowest BCUT2D eigenvalue weighted by Gasteiger charge is -2.46. The Balaban J connectivity index is 2.84. The van der Waals surface area contributed by atoms with Gasteiger partial charge >= 0.3 is 5.97 Å². The van der Waals surface area contributed by atoms with Gasteiger partial charge in [-0.2, -0.15) is 11.8 Å². The minimum absolute atomic E-state index is 0.0266. The lowest BCUT2D eigenvalue weighted by atomic mass is 9.68. The molecule has 3 nitrogen and oxygen atoms in total. The van der Waals surface area contributed by atoms with Gasteiger partial charge in [0.05, 0.1) is 13.5 Å². The second-order valence-corrected chi connectivity index (χ2v) is 6.72. The van der Waals surface area contributed by atoms with Crippen molar-refractivity contribution in [2.75, 3.05) is 18.6 Å². The van der Waals surface area contributed by atoms with Crippen LogP contribution >= 0.6 is 11.8 Å². The zero-order chi connectivity index (χ0) is 12.4. The maximum Gasteiger partial charge on any atom is 0.306 e. The van der Waals surface area contributed by atoms with Crippen LogP contribution in [0.3, 0.4) is 0 Å². The number of thioether (sulfide) groups is 1. The molecule has 0 amide bonds. The van der Waals surface area contributed by atoms with Gasteiger partial charge in [0, 0.05) is 17.2 Å². The Morgan fingerprint density at radius 3 is 2.56 bits per heavy atom. The van der Waals surface area contributed by atoms with Gasteiger partial charge in [0.2, 0.25) is 0 Å². The highest BCUT2D eigenvalue weighted by atomic mass is 32.2. The lowest BCUT2D eigenvalue weighted by Crippen LogP contribution is -2.49. The molecule has 2 N–H and O–H groups in total. The van der Waals surface area contributed by atoms with Crippen molar-refractivity contribution in [3.05, 3.63) is 0 Å². The fourth-order valence-electron chi connectivity index (χ4n) is 2.51. The van der Waals surface area contributed by atoms with Crippen LogP contribution in [0.2, 0.25) is 0 Å². The van der Waals surface area contributed by atoms with E-state index >= 15 is 0 Å². The predicted octanol–water partition coefficient (Wildman–Crippen LogP) is 2.05. The minimum atomic E-state index is -0.143. The summed E-state index contributed by atoms with van der Waals surface area (Å²) in [5.74, 6) is 1.96. The summed E-state index contributed by atoms with van der Waals surface area (Å²) in [6, 6.07) is 0.0266. The van der Waals surface area contributed by atoms with E-state index in [0.717, 1.165) is 17.9 Å². The maximum absolute atomic E-state index is 11.5. The largest absolute Gasteiger partial charge is 0.469 e. The van der Waals surface area contributed by atoms with Crippen molar-refractivity contribution in [1.29, 1.82) is 0 Å². The average Bonchev–Trinajstić information content (AvgIpc) is 2.15. The molecular formula is C12H23NO2S. The number of nitrogens with two attached hydrogens (primary N) is 1. The Morgan fingerprint density at radius 1 is 1.50 bits per heavy atom. The monoisotopic (exact) mass is 245 g/mol. The second kappa shape index (κ2) is 4.96. The molecule has 1 saturated heterocycles. The Hall–Kier alpha value is -0.220. The first kappa shape index (κ1) is 13.8. The molecule has 2 atom stereocenters. The third-order valence-corrected chi connectivity index (χ3v) is 5.17. The zero-order valence-electron chi connectivity index (χ0n) is 10.7. The minimum Gasteiger partial charge on any atom is -0.469 e. The van der Waals surface area contributed by atoms with Crippen molar-refractivity contribution >= 4 is 17.7 Å². The van der Waals surface area contributed by atoms with Gasteiger partial charge in [-0.15, -0.1) is 0 Å². The molecule has 1 fully saturated rings. The van der Waals surface area contributed by atoms with Crippen LogP contribution in [0.1, 0.15) is 33.6 Å². The highest BCUT2D eigenvalue weighted by Crippen LogP contribution is 2.47. The summed E-state index contributed by atoms with van der Waals surface area (Å²) in [7, 11) is 1.44. The summed E-state index contributed by atoms with van der Waals surface area (Å²) in [6.45, 7) is 6.49. The van der Waals surface area contributed by atoms with Crippen molar-refractivity contribution in [1.82, 2.24) is 0 Å². The molecular weight excluding hydrogens is 222 g/mol. The molecule has 0 aliphatic carbocycles. The first-order valence-electron chi connectivity index (χ1n) is 5.71. The molecule has 1 heterocycles. The summed E-state index contributed by atoms with van der Waals surface area (Å²) >= 11 is 1.90. The molecule has 4 heteroatoms. The number of hydrogen-bond donors (Lipinski definition) is 1. The van der Waals surface area contributed by atoms with E-state index in [4.69, 9.17) is 10.5 Å². The van der Waals surface area contributed by atoms with Gasteiger partial charge in [-0.25, -0.2) is 0 Å². The quantitative estimate of drug-likeness (QED) is 0.773. The molecule has 0 aromatic rings. The zero-order valence-corrected chi connectivity index (χ0v) is 11.5. The highest BCUT2D eigenvalue weighted by molar-refractivity contribution is 7.99. The summed E-state index contributed by atoms with van der Waals surface area (Å²) in [5.41, 5.74) is 6.26. The predicted molar refractivity (Wildman–Crippen MR) is 68.4 cm³/mol. The number of rotatable bonds is 3. The molecule has 1 aliphatic rings. The van der Waals surface area contributed by atoms with E-state index in [0.29, 0.717) is 6.42 Å². The lowest BCUT2D eigenvalue weighted by molar-refractivity contribution is -0.144. The van der Waals surface area contributed by atoms with Crippen LogP contribution in [0, 0.1) is 10.8 Å². The van der Waals surface area contributed by atoms with E-state index in [1.807, 2.05) is 18.7 Å². The molecule has 1 rings (SSSR count). The molecule has 0 spiro atoms. The number of hydrogen-bond acceptors (Lipinski definition) is 4. The summed E-state index contributed by atoms with van der Waals surface area (Å²) in [5, 5.41) is 0. The van der Waals surface area contributed by atoms with Crippen LogP contribution < -0.4 is 5.73 Å². The molecule has 0 aromatic heterocycles. The Morgan fingerprint density at radius 2 is 2.12 bits per heavy atom. The van der Waals surface area contributed by atoms with E-state index < -0.39 is 0 Å². The summed E-state index contributed by atoms with van der Waals surface area (Å²) < 4.78 is 4.79. The molecule has 94 valence electrons. The SMILES string of the molecule is COC(=O)CC1(C(C)N)CSCC(C)(C)C1. The fraction of sp³-hybridized carbons (Fsp3) is 0.917. The number of esters is 1. The van der Waals surface area contributed by atoms with Crippen molar-refractivity contribution in [3.63, 3.8) is 0 Å². The fourth-order valence-corrected chi connectivity index (χ4v) is 4.14. The van der Waals surface area contributed by atoms with Gasteiger partial charge in [0.25, 0.3) is 0 Å². The normalized spacial score (nSPS) is 30.8. The van der Waals surface area contributed by atoms with Crippen LogP contribution in [-0.2, 0) is 9.53 Å². The van der Waals surface area contributed by atoms with Gasteiger partial charge < -0.3 is 10.5 Å². The first-order valence-corrected chi connectivity index (χ1v) is 6.87. The Labute approximate surface area is 102 Å². The van der Waals surface area contributed by atoms with E-state index in [2.05, 4.69) is 13.8 Å². The van der Waals surface area contributed by atoms with Crippen LogP contribution in [0.5, 0.6) is 0 Å². The van der Waals surface area contributed by atoms with Crippen molar-refractivity contribution in [2.24, 2.45) is 16.6 Å². The molecule has 0 bridgehead atoms. The van der Waals surface area contributed by atoms with Crippen molar-refractivity contribution < 1.29 is 9.53 Å². The van der Waals surface area contributed by atoms with Gasteiger partial charge in [0.1, 0.15) is 0 Å². The Bertz CT molecular complexity index is 266. The number of carbonyl (C=O) groups is 1. The number of ether oxygens (including phenoxy) is 1. The highest BCUT2D eigenvalue weighted by Gasteiger charge is 2.44. The van der Waals surface area contributed by atoms with Gasteiger partial charge in [-0.3, -0.25) is 4.79 Å². The van der Waals surface area contributed by atoms with Crippen LogP contribution in [0.15, 0.2) is 0 Å². The number of carbonyl (C=O) groups excluding carboxylic acids is 1. The third kappa shape index (κ3) is 3.14. The third-order valence-electron chi connectivity index (χ3n) is 3.40. The first-order chi connectivity index (χ1) is 7.31. The maximum atomic E-state index is 11.5. The van der Waals surface area contributed by atoms with Crippen LogP contribution in [0.4, 0.5) is 0 Å². The van der Waals surface area contributed by atoms with Gasteiger partial charge in [-0.05, 0) is 24.5 Å². The smallest absolute Gasteiger partial charge is 0.306 e. The Kier molecular flexibility index (Phi) is 4.29. The average molecular weight is 245 g/mol. The molecule has 0 aromatic carbocycles. The van der Waals surface area contributed by atoms with Crippen LogP contribution in [0.25, 0.3) is 0 Å². The van der Waals surface area contributed by atoms with Gasteiger partial charge in [0.15, 0.2) is 0 Å². The topological polar surface area (TPSA) is 52.3 Å². The van der Waals surface area contributed by atoms with E-state index in [-0.39, 0.29) is 22.8 Å². The number of methoxy groups -OCH3 is 1. The second-order valence-electron chi connectivity index (χ2n) is 5.74. The molecule has 2 unspecified atom stereocenters. The van der Waals surface area contributed by atoms with E-state index in [1.165, 1.54) is 7.11 Å².